The molecule has 36 heavy (non-hydrogen) atoms. The van der Waals surface area contributed by atoms with Crippen LogP contribution in [-0.4, -0.2) is 24.5 Å². The van der Waals surface area contributed by atoms with E-state index in [1.807, 2.05) is 19.9 Å². The molecular formula is C28H25ClFN5O. The van der Waals surface area contributed by atoms with Crippen molar-refractivity contribution in [2.75, 3.05) is 0 Å². The topological polar surface area (TPSA) is 65.7 Å². The monoisotopic (exact) mass is 501 g/mol. The summed E-state index contributed by atoms with van der Waals surface area (Å²) in [5.74, 6) is 1.06. The molecule has 0 saturated heterocycles. The molecule has 1 fully saturated rings. The summed E-state index contributed by atoms with van der Waals surface area (Å²) in [6.45, 7) is 3.90. The van der Waals surface area contributed by atoms with Gasteiger partial charge in [-0.25, -0.2) is 19.3 Å². The van der Waals surface area contributed by atoms with E-state index in [1.165, 1.54) is 25.3 Å². The maximum atomic E-state index is 15.4. The van der Waals surface area contributed by atoms with Gasteiger partial charge in [-0.2, -0.15) is 0 Å². The number of hydrogen-bond acceptors (Lipinski definition) is 5. The standard InChI is InChI=1S/C28H25ClFN5O/c1-16-10-11-31-28(33-16)36-19-8-9-20(23(29)12-19)21-13-22-25(14-24(21)30)32-15-26-27(22)35(17(2)34-26)18-6-4-3-5-7-18/h8-15,18H,3-7H2,1-2H3. The van der Waals surface area contributed by atoms with Crippen LogP contribution in [-0.2, 0) is 0 Å². The second kappa shape index (κ2) is 9.13. The number of rotatable bonds is 4. The first kappa shape index (κ1) is 22.9. The summed E-state index contributed by atoms with van der Waals surface area (Å²) in [7, 11) is 0. The Morgan fingerprint density at radius 1 is 0.944 bits per heavy atom. The van der Waals surface area contributed by atoms with E-state index in [0.717, 1.165) is 40.8 Å². The molecule has 0 bridgehead atoms. The van der Waals surface area contributed by atoms with Crippen LogP contribution in [0.15, 0.2) is 48.8 Å². The first-order valence-corrected chi connectivity index (χ1v) is 12.6. The van der Waals surface area contributed by atoms with Gasteiger partial charge in [0.25, 0.3) is 0 Å². The molecule has 3 aromatic heterocycles. The van der Waals surface area contributed by atoms with E-state index in [-0.39, 0.29) is 11.8 Å². The molecule has 0 amide bonds. The molecule has 0 spiro atoms. The van der Waals surface area contributed by atoms with Crippen LogP contribution in [0.25, 0.3) is 33.1 Å². The molecule has 6 rings (SSSR count). The highest BCUT2D eigenvalue weighted by Gasteiger charge is 2.22. The molecular weight excluding hydrogens is 477 g/mol. The van der Waals surface area contributed by atoms with Gasteiger partial charge in [0.15, 0.2) is 0 Å². The molecule has 0 unspecified atom stereocenters. The summed E-state index contributed by atoms with van der Waals surface area (Å²) in [4.78, 5) is 17.7. The fourth-order valence-electron chi connectivity index (χ4n) is 5.26. The van der Waals surface area contributed by atoms with Crippen molar-refractivity contribution in [1.82, 2.24) is 24.5 Å². The number of aromatic nitrogens is 5. The lowest BCUT2D eigenvalue weighted by atomic mass is 9.94. The van der Waals surface area contributed by atoms with Crippen LogP contribution in [0.4, 0.5) is 4.39 Å². The fraction of sp³-hybridized carbons (Fsp3) is 0.286. The second-order valence-corrected chi connectivity index (χ2v) is 9.79. The van der Waals surface area contributed by atoms with Crippen molar-refractivity contribution >= 4 is 33.5 Å². The van der Waals surface area contributed by atoms with Crippen LogP contribution in [0.5, 0.6) is 11.8 Å². The number of halogens is 2. The molecule has 8 heteroatoms. The summed E-state index contributed by atoms with van der Waals surface area (Å²) in [5, 5.41) is 1.25. The van der Waals surface area contributed by atoms with Gasteiger partial charge in [-0.1, -0.05) is 30.9 Å². The van der Waals surface area contributed by atoms with E-state index in [4.69, 9.17) is 21.3 Å². The number of nitrogens with zero attached hydrogens (tertiary/aromatic N) is 5. The SMILES string of the molecule is Cc1ccnc(Oc2ccc(-c3cc4c(cc3F)ncc3nc(C)n(C5CCCCC5)c34)c(Cl)c2)n1. The Morgan fingerprint density at radius 2 is 1.78 bits per heavy atom. The van der Waals surface area contributed by atoms with Crippen molar-refractivity contribution in [2.24, 2.45) is 0 Å². The number of fused-ring (bicyclic) bond motifs is 3. The molecule has 0 aliphatic heterocycles. The van der Waals surface area contributed by atoms with Gasteiger partial charge < -0.3 is 9.30 Å². The molecule has 5 aromatic rings. The molecule has 0 N–H and O–H groups in total. The van der Waals surface area contributed by atoms with E-state index in [9.17, 15) is 0 Å². The average molecular weight is 502 g/mol. The van der Waals surface area contributed by atoms with Gasteiger partial charge >= 0.3 is 6.01 Å². The Bertz CT molecular complexity index is 1610. The van der Waals surface area contributed by atoms with Gasteiger partial charge in [0.1, 0.15) is 22.9 Å². The van der Waals surface area contributed by atoms with Gasteiger partial charge in [0.05, 0.1) is 22.3 Å². The van der Waals surface area contributed by atoms with Gasteiger partial charge in [-0.3, -0.25) is 4.98 Å². The van der Waals surface area contributed by atoms with Crippen LogP contribution < -0.4 is 4.74 Å². The Hall–Kier alpha value is -3.58. The minimum Gasteiger partial charge on any atom is -0.424 e. The fourth-order valence-corrected chi connectivity index (χ4v) is 5.54. The number of imidazole rings is 1. The molecule has 6 nitrogen and oxygen atoms in total. The summed E-state index contributed by atoms with van der Waals surface area (Å²) in [5.41, 5.74) is 4.23. The Morgan fingerprint density at radius 3 is 2.56 bits per heavy atom. The zero-order chi connectivity index (χ0) is 24.8. The van der Waals surface area contributed by atoms with Crippen molar-refractivity contribution in [3.8, 4) is 22.9 Å². The summed E-state index contributed by atoms with van der Waals surface area (Å²) in [6, 6.07) is 10.9. The molecule has 2 aromatic carbocycles. The van der Waals surface area contributed by atoms with Crippen LogP contribution in [0.1, 0.15) is 49.7 Å². The average Bonchev–Trinajstić information content (AvgIpc) is 3.21. The Kier molecular flexibility index (Phi) is 5.80. The van der Waals surface area contributed by atoms with Crippen molar-refractivity contribution in [3.63, 3.8) is 0 Å². The second-order valence-electron chi connectivity index (χ2n) is 9.39. The van der Waals surface area contributed by atoms with Gasteiger partial charge in [-0.05, 0) is 51.0 Å². The molecule has 3 heterocycles. The van der Waals surface area contributed by atoms with Crippen LogP contribution >= 0.6 is 11.6 Å². The highest BCUT2D eigenvalue weighted by Crippen LogP contribution is 2.39. The predicted octanol–water partition coefficient (Wildman–Crippen LogP) is 7.75. The van der Waals surface area contributed by atoms with Crippen LogP contribution in [0.3, 0.4) is 0 Å². The minimum atomic E-state index is -0.382. The number of benzene rings is 2. The molecule has 182 valence electrons. The quantitative estimate of drug-likeness (QED) is 0.252. The third kappa shape index (κ3) is 4.07. The summed E-state index contributed by atoms with van der Waals surface area (Å²) < 4.78 is 23.5. The first-order chi connectivity index (χ1) is 17.5. The minimum absolute atomic E-state index is 0.232. The smallest absolute Gasteiger partial charge is 0.322 e. The highest BCUT2D eigenvalue weighted by molar-refractivity contribution is 6.33. The summed E-state index contributed by atoms with van der Waals surface area (Å²) >= 11 is 6.64. The molecule has 1 saturated carbocycles. The molecule has 0 radical (unpaired) electrons. The maximum absolute atomic E-state index is 15.4. The normalized spacial score (nSPS) is 14.6. The van der Waals surface area contributed by atoms with Crippen LogP contribution in [0, 0.1) is 19.7 Å². The first-order valence-electron chi connectivity index (χ1n) is 12.2. The van der Waals surface area contributed by atoms with Crippen molar-refractivity contribution in [1.29, 1.82) is 0 Å². The van der Waals surface area contributed by atoms with E-state index in [0.29, 0.717) is 33.5 Å². The molecule has 1 aliphatic rings. The maximum Gasteiger partial charge on any atom is 0.322 e. The Labute approximate surface area is 213 Å². The van der Waals surface area contributed by atoms with E-state index < -0.39 is 0 Å². The van der Waals surface area contributed by atoms with E-state index in [1.54, 1.807) is 36.7 Å². The molecule has 0 atom stereocenters. The van der Waals surface area contributed by atoms with Gasteiger partial charge in [0.2, 0.25) is 0 Å². The van der Waals surface area contributed by atoms with Crippen molar-refractivity contribution in [2.45, 2.75) is 52.0 Å². The van der Waals surface area contributed by atoms with E-state index >= 15 is 4.39 Å². The van der Waals surface area contributed by atoms with Gasteiger partial charge in [0, 0.05) is 46.6 Å². The lowest BCUT2D eigenvalue weighted by molar-refractivity contribution is 0.355. The third-order valence-electron chi connectivity index (χ3n) is 6.93. The lowest BCUT2D eigenvalue weighted by Gasteiger charge is -2.25. The van der Waals surface area contributed by atoms with Crippen LogP contribution in [0.2, 0.25) is 5.02 Å². The molecule has 1 aliphatic carbocycles. The number of pyridine rings is 1. The van der Waals surface area contributed by atoms with Crippen molar-refractivity contribution in [3.05, 3.63) is 71.2 Å². The summed E-state index contributed by atoms with van der Waals surface area (Å²) in [6.07, 6.45) is 9.33. The van der Waals surface area contributed by atoms with Crippen molar-refractivity contribution < 1.29 is 9.13 Å². The van der Waals surface area contributed by atoms with E-state index in [2.05, 4.69) is 19.5 Å². The number of ether oxygens (including phenoxy) is 1. The largest absolute Gasteiger partial charge is 0.424 e. The number of aryl methyl sites for hydroxylation is 2. The highest BCUT2D eigenvalue weighted by atomic mass is 35.5. The Balaban J connectivity index is 1.46. The predicted molar refractivity (Wildman–Crippen MR) is 139 cm³/mol. The van der Waals surface area contributed by atoms with Gasteiger partial charge in [-0.15, -0.1) is 0 Å². The number of hydrogen-bond donors (Lipinski definition) is 0. The lowest BCUT2D eigenvalue weighted by Crippen LogP contribution is -2.14. The third-order valence-corrected chi connectivity index (χ3v) is 7.25. The zero-order valence-electron chi connectivity index (χ0n) is 20.1. The zero-order valence-corrected chi connectivity index (χ0v) is 20.9.